The minimum Gasteiger partial charge on any atom is -0.466 e. The molecular formula is C13H24O5. The summed E-state index contributed by atoms with van der Waals surface area (Å²) in [5, 5.41) is 8.78. The van der Waals surface area contributed by atoms with Crippen molar-refractivity contribution in [2.75, 3.05) is 6.61 Å². The molecule has 1 atom stereocenters. The smallest absolute Gasteiger partial charge is 0.308 e. The number of carbonyl (C=O) groups excluding carboxylic acids is 2. The van der Waals surface area contributed by atoms with Crippen LogP contribution in [-0.2, 0) is 19.1 Å². The number of hydrogen-bond donors (Lipinski definition) is 1. The summed E-state index contributed by atoms with van der Waals surface area (Å²) in [5.74, 6) is -0.180. The van der Waals surface area contributed by atoms with Crippen molar-refractivity contribution in [2.24, 2.45) is 5.92 Å². The minimum atomic E-state index is -1.10. The molecule has 0 heterocycles. The molecule has 0 rings (SSSR count). The van der Waals surface area contributed by atoms with Crippen LogP contribution >= 0.6 is 0 Å². The summed E-state index contributed by atoms with van der Waals surface area (Å²) < 4.78 is 9.54. The molecule has 0 spiro atoms. The van der Waals surface area contributed by atoms with E-state index in [2.05, 4.69) is 18.6 Å². The van der Waals surface area contributed by atoms with Gasteiger partial charge >= 0.3 is 11.9 Å². The van der Waals surface area contributed by atoms with Gasteiger partial charge in [-0.05, 0) is 32.1 Å². The first kappa shape index (κ1) is 16.9. The Labute approximate surface area is 108 Å². The molecule has 0 aliphatic carbocycles. The fourth-order valence-electron chi connectivity index (χ4n) is 1.38. The lowest BCUT2D eigenvalue weighted by Gasteiger charge is -2.07. The lowest BCUT2D eigenvalue weighted by molar-refractivity contribution is -0.164. The molecule has 0 aromatic carbocycles. The molecule has 0 aliphatic rings. The summed E-state index contributed by atoms with van der Waals surface area (Å²) in [7, 11) is 0. The van der Waals surface area contributed by atoms with E-state index in [9.17, 15) is 9.59 Å². The second-order valence-corrected chi connectivity index (χ2v) is 4.70. The number of carbonyl (C=O) groups is 2. The van der Waals surface area contributed by atoms with Crippen molar-refractivity contribution in [3.05, 3.63) is 0 Å². The summed E-state index contributed by atoms with van der Waals surface area (Å²) in [6.45, 7) is 6.04. The van der Waals surface area contributed by atoms with Gasteiger partial charge in [0.05, 0.1) is 6.61 Å². The Balaban J connectivity index is 3.45. The van der Waals surface area contributed by atoms with Crippen molar-refractivity contribution in [1.82, 2.24) is 0 Å². The second-order valence-electron chi connectivity index (χ2n) is 4.70. The van der Waals surface area contributed by atoms with Crippen LogP contribution in [0.5, 0.6) is 0 Å². The molecular weight excluding hydrogens is 236 g/mol. The zero-order valence-electron chi connectivity index (χ0n) is 11.5. The second kappa shape index (κ2) is 9.88. The standard InChI is InChI=1S/C13H24O5/c1-10(2)6-5-9-17-12(15)7-4-8-13(16)18-11(3)14/h10-11,14H,4-9H2,1-3H3. The average molecular weight is 260 g/mol. The number of esters is 2. The first-order valence-corrected chi connectivity index (χ1v) is 6.45. The van der Waals surface area contributed by atoms with Crippen LogP contribution in [0.4, 0.5) is 0 Å². The van der Waals surface area contributed by atoms with Crippen LogP contribution in [0, 0.1) is 5.92 Å². The van der Waals surface area contributed by atoms with Gasteiger partial charge < -0.3 is 14.6 Å². The van der Waals surface area contributed by atoms with Crippen molar-refractivity contribution in [2.45, 2.75) is 59.2 Å². The number of rotatable bonds is 9. The molecule has 0 amide bonds. The van der Waals surface area contributed by atoms with Crippen LogP contribution in [0.1, 0.15) is 52.9 Å². The Kier molecular flexibility index (Phi) is 9.28. The fraction of sp³-hybridized carbons (Fsp3) is 0.846. The van der Waals surface area contributed by atoms with E-state index >= 15 is 0 Å². The third-order valence-electron chi connectivity index (χ3n) is 2.25. The van der Waals surface area contributed by atoms with Crippen molar-refractivity contribution in [3.8, 4) is 0 Å². The third-order valence-corrected chi connectivity index (χ3v) is 2.25. The van der Waals surface area contributed by atoms with Gasteiger partial charge in [0.2, 0.25) is 0 Å². The van der Waals surface area contributed by atoms with E-state index < -0.39 is 12.3 Å². The highest BCUT2D eigenvalue weighted by Gasteiger charge is 2.09. The molecule has 0 saturated heterocycles. The molecule has 0 aromatic rings. The van der Waals surface area contributed by atoms with E-state index in [1.807, 2.05) is 0 Å². The minimum absolute atomic E-state index is 0.117. The highest BCUT2D eigenvalue weighted by Crippen LogP contribution is 2.05. The van der Waals surface area contributed by atoms with Gasteiger partial charge in [0.1, 0.15) is 0 Å². The van der Waals surface area contributed by atoms with Gasteiger partial charge in [-0.25, -0.2) is 0 Å². The predicted molar refractivity (Wildman–Crippen MR) is 66.7 cm³/mol. The Hall–Kier alpha value is -1.10. The normalized spacial score (nSPS) is 12.3. The molecule has 1 N–H and O–H groups in total. The van der Waals surface area contributed by atoms with Crippen LogP contribution in [-0.4, -0.2) is 29.9 Å². The maximum absolute atomic E-state index is 11.3. The van der Waals surface area contributed by atoms with Crippen molar-refractivity contribution >= 4 is 11.9 Å². The zero-order valence-corrected chi connectivity index (χ0v) is 11.5. The SMILES string of the molecule is CC(C)CCCOC(=O)CCCC(=O)OC(C)O. The molecule has 0 aromatic heterocycles. The van der Waals surface area contributed by atoms with Crippen molar-refractivity contribution in [3.63, 3.8) is 0 Å². The lowest BCUT2D eigenvalue weighted by Crippen LogP contribution is -2.14. The van der Waals surface area contributed by atoms with E-state index in [4.69, 9.17) is 9.84 Å². The highest BCUT2D eigenvalue weighted by molar-refractivity contribution is 5.72. The Morgan fingerprint density at radius 2 is 1.67 bits per heavy atom. The Morgan fingerprint density at radius 1 is 1.06 bits per heavy atom. The summed E-state index contributed by atoms with van der Waals surface area (Å²) >= 11 is 0. The van der Waals surface area contributed by atoms with Crippen LogP contribution in [0.25, 0.3) is 0 Å². The molecule has 18 heavy (non-hydrogen) atoms. The first-order chi connectivity index (χ1) is 8.41. The Morgan fingerprint density at radius 3 is 2.22 bits per heavy atom. The molecule has 0 radical (unpaired) electrons. The lowest BCUT2D eigenvalue weighted by atomic mass is 10.1. The fourth-order valence-corrected chi connectivity index (χ4v) is 1.38. The van der Waals surface area contributed by atoms with Gasteiger partial charge in [0.25, 0.3) is 0 Å². The number of aliphatic hydroxyl groups is 1. The molecule has 0 bridgehead atoms. The predicted octanol–water partition coefficient (Wildman–Crippen LogP) is 2.02. The summed E-state index contributed by atoms with van der Waals surface area (Å²) in [5.41, 5.74) is 0. The topological polar surface area (TPSA) is 72.8 Å². The molecule has 1 unspecified atom stereocenters. The molecule has 0 aliphatic heterocycles. The van der Waals surface area contributed by atoms with Gasteiger partial charge in [0, 0.05) is 12.8 Å². The van der Waals surface area contributed by atoms with Crippen LogP contribution < -0.4 is 0 Å². The van der Waals surface area contributed by atoms with Crippen molar-refractivity contribution < 1.29 is 24.2 Å². The van der Waals surface area contributed by atoms with Gasteiger partial charge in [-0.3, -0.25) is 9.59 Å². The molecule has 5 nitrogen and oxygen atoms in total. The van der Waals surface area contributed by atoms with E-state index in [-0.39, 0.29) is 18.8 Å². The van der Waals surface area contributed by atoms with E-state index in [0.717, 1.165) is 12.8 Å². The molecule has 5 heteroatoms. The molecule has 0 saturated carbocycles. The zero-order chi connectivity index (χ0) is 14.0. The third kappa shape index (κ3) is 11.4. The van der Waals surface area contributed by atoms with Crippen LogP contribution in [0.15, 0.2) is 0 Å². The van der Waals surface area contributed by atoms with Crippen LogP contribution in [0.2, 0.25) is 0 Å². The van der Waals surface area contributed by atoms with Gasteiger partial charge in [-0.15, -0.1) is 0 Å². The first-order valence-electron chi connectivity index (χ1n) is 6.45. The van der Waals surface area contributed by atoms with Gasteiger partial charge in [-0.2, -0.15) is 0 Å². The van der Waals surface area contributed by atoms with Crippen molar-refractivity contribution in [1.29, 1.82) is 0 Å². The number of aliphatic hydroxyl groups excluding tert-OH is 1. The summed E-state index contributed by atoms with van der Waals surface area (Å²) in [6.07, 6.45) is 1.51. The van der Waals surface area contributed by atoms with Crippen LogP contribution in [0.3, 0.4) is 0 Å². The summed E-state index contributed by atoms with van der Waals surface area (Å²) in [4.78, 5) is 22.3. The maximum Gasteiger partial charge on any atom is 0.308 e. The summed E-state index contributed by atoms with van der Waals surface area (Å²) in [6, 6.07) is 0. The largest absolute Gasteiger partial charge is 0.466 e. The van der Waals surface area contributed by atoms with E-state index in [0.29, 0.717) is 18.9 Å². The quantitative estimate of drug-likeness (QED) is 0.390. The number of ether oxygens (including phenoxy) is 2. The van der Waals surface area contributed by atoms with E-state index in [1.54, 1.807) is 0 Å². The van der Waals surface area contributed by atoms with E-state index in [1.165, 1.54) is 6.92 Å². The molecule has 106 valence electrons. The Bertz CT molecular complexity index is 248. The van der Waals surface area contributed by atoms with Gasteiger partial charge in [0.15, 0.2) is 6.29 Å². The maximum atomic E-state index is 11.3. The highest BCUT2D eigenvalue weighted by atomic mass is 16.6. The number of hydrogen-bond acceptors (Lipinski definition) is 5. The van der Waals surface area contributed by atoms with Gasteiger partial charge in [-0.1, -0.05) is 13.8 Å². The molecule has 0 fully saturated rings. The monoisotopic (exact) mass is 260 g/mol. The average Bonchev–Trinajstić information content (AvgIpc) is 2.23.